The minimum absolute atomic E-state index is 0.0486. The number of nitrogens with one attached hydrogen (secondary N) is 3. The van der Waals surface area contributed by atoms with E-state index in [0.29, 0.717) is 65.8 Å². The number of methoxy groups -OCH3 is 1. The molecule has 23 heteroatoms. The summed E-state index contributed by atoms with van der Waals surface area (Å²) >= 11 is 0. The van der Waals surface area contributed by atoms with Crippen LogP contribution >= 0.6 is 0 Å². The van der Waals surface area contributed by atoms with E-state index in [1.54, 1.807) is 35.2 Å². The topological polar surface area (TPSA) is 230 Å². The second-order valence-electron chi connectivity index (χ2n) is 17.8. The lowest BCUT2D eigenvalue weighted by Crippen LogP contribution is -2.52. The zero-order valence-electron chi connectivity index (χ0n) is 39.9. The van der Waals surface area contributed by atoms with Gasteiger partial charge in [-0.3, -0.25) is 38.9 Å². The van der Waals surface area contributed by atoms with E-state index in [1.807, 2.05) is 0 Å². The standard InChI is InChI=1S/C51H46F4N8O11/c1-26-44(45(66)34-21-31(74-51(53,54)55)8-10-37(34)61(26)2)48(69)59-30-7-12-39(35(52)20-30)73-49-33-22-40(71-3)41(23-36(33)56-25-57-49)72-18-4-5-43(65)62-16-14-27(15-17-62)46(67)58-29-6-9-32-28(19-29)24-63(50(32)70)38-11-13-42(64)60-47(38)68/h6-10,12,19-23,25,27,38H,4-5,11,13-18,24H2,1-3H3,(H,58,67)(H,59,69)(H,60,64,68). The number of nitrogens with zero attached hydrogens (tertiary/aromatic N) is 5. The normalized spacial score (nSPS) is 16.0. The monoisotopic (exact) mass is 1020 g/mol. The highest BCUT2D eigenvalue weighted by Gasteiger charge is 2.39. The van der Waals surface area contributed by atoms with Crippen molar-refractivity contribution >= 4 is 68.6 Å². The minimum Gasteiger partial charge on any atom is -0.493 e. The van der Waals surface area contributed by atoms with E-state index in [2.05, 4.69) is 30.7 Å². The van der Waals surface area contributed by atoms with Crippen LogP contribution < -0.4 is 40.3 Å². The fraction of sp³-hybridized carbons (Fsp3) is 0.314. The van der Waals surface area contributed by atoms with Crippen molar-refractivity contribution in [1.29, 1.82) is 0 Å². The second kappa shape index (κ2) is 20.5. The first-order valence-electron chi connectivity index (χ1n) is 23.4. The molecule has 2 saturated heterocycles. The first kappa shape index (κ1) is 50.3. The summed E-state index contributed by atoms with van der Waals surface area (Å²) in [6.45, 7) is 2.58. The number of anilines is 2. The summed E-state index contributed by atoms with van der Waals surface area (Å²) in [5.74, 6) is -4.06. The Labute approximate surface area is 417 Å². The average molecular weight is 1020 g/mol. The van der Waals surface area contributed by atoms with Crippen molar-refractivity contribution in [3.63, 3.8) is 0 Å². The van der Waals surface area contributed by atoms with Crippen molar-refractivity contribution < 1.29 is 65.3 Å². The first-order valence-corrected chi connectivity index (χ1v) is 23.4. The zero-order valence-corrected chi connectivity index (χ0v) is 39.9. The van der Waals surface area contributed by atoms with Crippen LogP contribution in [0, 0.1) is 18.7 Å². The molecule has 0 radical (unpaired) electrons. The Morgan fingerprint density at radius 3 is 2.35 bits per heavy atom. The molecule has 5 heterocycles. The molecule has 0 bridgehead atoms. The molecule has 3 aliphatic rings. The number of likely N-dealkylation sites (tertiary alicyclic amines) is 1. The molecule has 0 spiro atoms. The number of imide groups is 1. The van der Waals surface area contributed by atoms with Crippen molar-refractivity contribution in [2.24, 2.45) is 13.0 Å². The van der Waals surface area contributed by atoms with Gasteiger partial charge in [-0.2, -0.15) is 0 Å². The second-order valence-corrected chi connectivity index (χ2v) is 17.8. The number of hydrogen-bond acceptors (Lipinski definition) is 13. The van der Waals surface area contributed by atoms with E-state index in [-0.39, 0.29) is 107 Å². The van der Waals surface area contributed by atoms with Gasteiger partial charge in [-0.1, -0.05) is 0 Å². The Kier molecular flexibility index (Phi) is 13.9. The van der Waals surface area contributed by atoms with Gasteiger partial charge >= 0.3 is 6.36 Å². The van der Waals surface area contributed by atoms with Crippen LogP contribution in [0.2, 0.25) is 0 Å². The number of hydrogen-bond donors (Lipinski definition) is 3. The number of benzene rings is 4. The van der Waals surface area contributed by atoms with Gasteiger partial charge in [-0.15, -0.1) is 13.2 Å². The molecule has 0 aliphatic carbocycles. The highest BCUT2D eigenvalue weighted by atomic mass is 19.4. The van der Waals surface area contributed by atoms with Gasteiger partial charge < -0.3 is 43.9 Å². The van der Waals surface area contributed by atoms with E-state index in [9.17, 15) is 46.7 Å². The van der Waals surface area contributed by atoms with Gasteiger partial charge in [0.1, 0.15) is 23.7 Å². The lowest BCUT2D eigenvalue weighted by molar-refractivity contribution is -0.274. The molecule has 0 saturated carbocycles. The van der Waals surface area contributed by atoms with Crippen LogP contribution in [0.3, 0.4) is 0 Å². The highest BCUT2D eigenvalue weighted by molar-refractivity contribution is 6.07. The summed E-state index contributed by atoms with van der Waals surface area (Å²) in [6, 6.07) is 14.1. The predicted octanol–water partition coefficient (Wildman–Crippen LogP) is 6.68. The SMILES string of the molecule is COc1cc2c(Oc3ccc(NC(=O)c4c(C)n(C)c5ccc(OC(F)(F)F)cc5c4=O)cc3F)ncnc2cc1OCCCC(=O)N1CCC(C(=O)Nc2ccc3c(c2)CN(C2CCC(=O)NC2=O)C3=O)CC1. The average Bonchev–Trinajstić information content (AvgIpc) is 3.69. The molecule has 1 atom stereocenters. The van der Waals surface area contributed by atoms with Crippen LogP contribution in [0.1, 0.15) is 70.5 Å². The number of ether oxygens (including phenoxy) is 4. The van der Waals surface area contributed by atoms with Gasteiger partial charge in [0.25, 0.3) is 11.8 Å². The summed E-state index contributed by atoms with van der Waals surface area (Å²) < 4.78 is 77.1. The number of fused-ring (bicyclic) bond motifs is 3. The minimum atomic E-state index is -5.01. The van der Waals surface area contributed by atoms with E-state index < -0.39 is 41.2 Å². The Hall–Kier alpha value is -8.63. The third-order valence-corrected chi connectivity index (χ3v) is 13.2. The van der Waals surface area contributed by atoms with Crippen molar-refractivity contribution in [3.05, 3.63) is 111 Å². The maximum atomic E-state index is 15.6. The van der Waals surface area contributed by atoms with E-state index in [4.69, 9.17) is 14.2 Å². The molecule has 74 heavy (non-hydrogen) atoms. The number of alkyl halides is 3. The quantitative estimate of drug-likeness (QED) is 0.0589. The molecule has 4 aromatic carbocycles. The molecule has 6 amide bonds. The highest BCUT2D eigenvalue weighted by Crippen LogP contribution is 2.38. The molecular weight excluding hydrogens is 977 g/mol. The van der Waals surface area contributed by atoms with Crippen LogP contribution in [0.5, 0.6) is 28.9 Å². The fourth-order valence-corrected chi connectivity index (χ4v) is 9.31. The summed E-state index contributed by atoms with van der Waals surface area (Å²) in [5, 5.41) is 7.82. The maximum absolute atomic E-state index is 15.6. The van der Waals surface area contributed by atoms with Gasteiger partial charge in [0, 0.05) is 80.2 Å². The van der Waals surface area contributed by atoms with Crippen LogP contribution in [0.4, 0.5) is 28.9 Å². The number of carbonyl (C=O) groups is 6. The lowest BCUT2D eigenvalue weighted by Gasteiger charge is -2.31. The molecule has 384 valence electrons. The number of piperidine rings is 2. The Bertz CT molecular complexity index is 3360. The van der Waals surface area contributed by atoms with Crippen LogP contribution in [-0.4, -0.2) is 99.0 Å². The van der Waals surface area contributed by atoms with Gasteiger partial charge in [-0.05, 0) is 92.8 Å². The Balaban J connectivity index is 0.760. The summed E-state index contributed by atoms with van der Waals surface area (Å²) in [5.41, 5.74) is 1.14. The molecule has 6 aromatic rings. The van der Waals surface area contributed by atoms with Crippen molar-refractivity contribution in [1.82, 2.24) is 29.7 Å². The maximum Gasteiger partial charge on any atom is 0.573 e. The van der Waals surface area contributed by atoms with Crippen molar-refractivity contribution in [3.8, 4) is 28.9 Å². The molecule has 3 aliphatic heterocycles. The van der Waals surface area contributed by atoms with Crippen LogP contribution in [-0.2, 0) is 32.8 Å². The molecule has 1 unspecified atom stereocenters. The van der Waals surface area contributed by atoms with Gasteiger partial charge in [0.05, 0.1) is 35.5 Å². The Morgan fingerprint density at radius 1 is 0.865 bits per heavy atom. The summed E-state index contributed by atoms with van der Waals surface area (Å²) in [7, 11) is 2.95. The number of amides is 6. The fourth-order valence-electron chi connectivity index (χ4n) is 9.31. The van der Waals surface area contributed by atoms with E-state index in [1.165, 1.54) is 55.1 Å². The molecule has 2 fully saturated rings. The number of aryl methyl sites for hydroxylation is 1. The van der Waals surface area contributed by atoms with Gasteiger partial charge in [0.2, 0.25) is 34.9 Å². The third-order valence-electron chi connectivity index (χ3n) is 13.2. The smallest absolute Gasteiger partial charge is 0.493 e. The predicted molar refractivity (Wildman–Crippen MR) is 256 cm³/mol. The Morgan fingerprint density at radius 2 is 1.62 bits per heavy atom. The third kappa shape index (κ3) is 10.5. The van der Waals surface area contributed by atoms with Crippen LogP contribution in [0.15, 0.2) is 77.9 Å². The molecule has 9 rings (SSSR count). The van der Waals surface area contributed by atoms with Gasteiger partial charge in [-0.25, -0.2) is 14.4 Å². The van der Waals surface area contributed by atoms with E-state index >= 15 is 4.39 Å². The molecule has 2 aromatic heterocycles. The zero-order chi connectivity index (χ0) is 52.6. The van der Waals surface area contributed by atoms with Crippen LogP contribution in [0.25, 0.3) is 21.8 Å². The van der Waals surface area contributed by atoms with Crippen molar-refractivity contribution in [2.45, 2.75) is 64.4 Å². The summed E-state index contributed by atoms with van der Waals surface area (Å²) in [6.07, 6.45) is -1.97. The van der Waals surface area contributed by atoms with Crippen molar-refractivity contribution in [2.75, 3.05) is 37.4 Å². The molecule has 19 nitrogen and oxygen atoms in total. The number of halogens is 4. The summed E-state index contributed by atoms with van der Waals surface area (Å²) in [4.78, 5) is 102. The number of aromatic nitrogens is 3. The molecule has 3 N–H and O–H groups in total. The van der Waals surface area contributed by atoms with E-state index in [0.717, 1.165) is 18.2 Å². The number of pyridine rings is 1. The first-order chi connectivity index (χ1) is 35.3. The lowest BCUT2D eigenvalue weighted by atomic mass is 9.95. The van der Waals surface area contributed by atoms with Gasteiger partial charge in [0.15, 0.2) is 23.1 Å². The number of rotatable bonds is 14. The molecular formula is C51H46F4N8O11. The number of carbonyl (C=O) groups excluding carboxylic acids is 6. The largest absolute Gasteiger partial charge is 0.573 e.